The third-order valence-electron chi connectivity index (χ3n) is 5.61. The van der Waals surface area contributed by atoms with E-state index in [1.165, 1.54) is 33.3 Å². The Bertz CT molecular complexity index is 1310. The van der Waals surface area contributed by atoms with E-state index in [4.69, 9.17) is 0 Å². The number of rotatable bonds is 4. The molecule has 1 unspecified atom stereocenters. The van der Waals surface area contributed by atoms with Crippen molar-refractivity contribution in [3.8, 4) is 0 Å². The van der Waals surface area contributed by atoms with Crippen molar-refractivity contribution in [2.24, 2.45) is 12.0 Å². The average molecular weight is 462 g/mol. The largest absolute Gasteiger partial charge is 0.319 e. The summed E-state index contributed by atoms with van der Waals surface area (Å²) in [4.78, 5) is 17.8. The lowest BCUT2D eigenvalue weighted by Crippen LogP contribution is -2.40. The van der Waals surface area contributed by atoms with Gasteiger partial charge in [0.2, 0.25) is 10.0 Å². The Morgan fingerprint density at radius 2 is 1.90 bits per heavy atom. The van der Waals surface area contributed by atoms with Crippen molar-refractivity contribution >= 4 is 37.5 Å². The van der Waals surface area contributed by atoms with E-state index in [0.29, 0.717) is 23.6 Å². The van der Waals surface area contributed by atoms with Crippen LogP contribution in [0.5, 0.6) is 0 Å². The van der Waals surface area contributed by atoms with Gasteiger partial charge in [0.15, 0.2) is 4.80 Å². The second-order valence-corrected chi connectivity index (χ2v) is 10.9. The summed E-state index contributed by atoms with van der Waals surface area (Å²) in [5, 5.41) is 0. The Labute approximate surface area is 184 Å². The van der Waals surface area contributed by atoms with Gasteiger partial charge in [0, 0.05) is 13.6 Å². The zero-order valence-corrected chi connectivity index (χ0v) is 19.2. The van der Waals surface area contributed by atoms with Crippen LogP contribution >= 0.6 is 11.3 Å². The summed E-state index contributed by atoms with van der Waals surface area (Å²) in [6.07, 6.45) is 0.984. The minimum Gasteiger partial charge on any atom is -0.319 e. The van der Waals surface area contributed by atoms with Crippen LogP contribution in [0, 0.1) is 5.82 Å². The molecule has 3 aromatic rings. The molecule has 0 N–H and O–H groups in total. The predicted molar refractivity (Wildman–Crippen MR) is 119 cm³/mol. The lowest BCUT2D eigenvalue weighted by Gasteiger charge is -2.21. The quantitative estimate of drug-likeness (QED) is 0.594. The van der Waals surface area contributed by atoms with Crippen molar-refractivity contribution in [1.29, 1.82) is 0 Å². The molecular weight excluding hydrogens is 437 g/mol. The number of carbonyl (C=O) groups excluding carboxylic acids is 1. The molecule has 1 aliphatic heterocycles. The molecule has 1 saturated heterocycles. The van der Waals surface area contributed by atoms with Crippen LogP contribution in [0.2, 0.25) is 0 Å². The number of halogens is 1. The number of thiazole rings is 1. The summed E-state index contributed by atoms with van der Waals surface area (Å²) in [5.74, 6) is -0.599. The van der Waals surface area contributed by atoms with Gasteiger partial charge in [0.1, 0.15) is 11.9 Å². The van der Waals surface area contributed by atoms with Gasteiger partial charge in [0.25, 0.3) is 5.91 Å². The molecule has 0 bridgehead atoms. The van der Waals surface area contributed by atoms with E-state index in [-0.39, 0.29) is 11.4 Å². The molecule has 9 heteroatoms. The minimum atomic E-state index is -3.91. The normalized spacial score (nSPS) is 18.4. The number of aryl methyl sites for hydroxylation is 1. The van der Waals surface area contributed by atoms with E-state index < -0.39 is 27.8 Å². The summed E-state index contributed by atoms with van der Waals surface area (Å²) in [5.41, 5.74) is 2.18. The van der Waals surface area contributed by atoms with Crippen molar-refractivity contribution in [3.63, 3.8) is 0 Å². The van der Waals surface area contributed by atoms with Crippen LogP contribution < -0.4 is 4.80 Å². The molecule has 31 heavy (non-hydrogen) atoms. The minimum absolute atomic E-state index is 0.0257. The highest BCUT2D eigenvalue weighted by Crippen LogP contribution is 2.27. The van der Waals surface area contributed by atoms with Gasteiger partial charge < -0.3 is 4.57 Å². The third-order valence-corrected chi connectivity index (χ3v) is 8.63. The van der Waals surface area contributed by atoms with Crippen molar-refractivity contribution in [3.05, 3.63) is 58.6 Å². The first-order valence-corrected chi connectivity index (χ1v) is 12.4. The first-order chi connectivity index (χ1) is 14.7. The van der Waals surface area contributed by atoms with Crippen LogP contribution in [-0.2, 0) is 21.9 Å². The lowest BCUT2D eigenvalue weighted by molar-refractivity contribution is -0.121. The predicted octanol–water partition coefficient (Wildman–Crippen LogP) is 3.78. The average Bonchev–Trinajstić information content (AvgIpc) is 3.34. The highest BCUT2D eigenvalue weighted by atomic mass is 32.2. The number of fused-ring (bicyclic) bond motifs is 1. The Hall–Kier alpha value is -2.36. The van der Waals surface area contributed by atoms with E-state index in [0.717, 1.165) is 22.3 Å². The molecule has 0 saturated carbocycles. The van der Waals surface area contributed by atoms with Gasteiger partial charge >= 0.3 is 0 Å². The van der Waals surface area contributed by atoms with Gasteiger partial charge in [-0.2, -0.15) is 9.30 Å². The molecule has 0 aliphatic carbocycles. The Morgan fingerprint density at radius 1 is 1.19 bits per heavy atom. The van der Waals surface area contributed by atoms with Crippen LogP contribution in [-0.4, -0.2) is 35.8 Å². The molecule has 2 aromatic carbocycles. The van der Waals surface area contributed by atoms with E-state index in [1.54, 1.807) is 0 Å². The first-order valence-electron chi connectivity index (χ1n) is 10.1. The highest BCUT2D eigenvalue weighted by molar-refractivity contribution is 7.89. The Balaban J connectivity index is 1.68. The number of sulfonamides is 1. The van der Waals surface area contributed by atoms with Crippen molar-refractivity contribution < 1.29 is 17.6 Å². The van der Waals surface area contributed by atoms with Crippen LogP contribution in [0.25, 0.3) is 10.2 Å². The van der Waals surface area contributed by atoms with Gasteiger partial charge in [-0.05, 0) is 60.7 Å². The van der Waals surface area contributed by atoms with E-state index in [1.807, 2.05) is 17.7 Å². The number of amides is 1. The SMILES string of the molecule is CC(C)c1ccc2c(c1)sc(=NC(=O)C1CCCN1S(=O)(=O)c1ccc(F)cc1)n2C. The Morgan fingerprint density at radius 3 is 2.58 bits per heavy atom. The fourth-order valence-electron chi connectivity index (χ4n) is 3.80. The van der Waals surface area contributed by atoms with Gasteiger partial charge in [-0.25, -0.2) is 12.8 Å². The molecule has 1 fully saturated rings. The zero-order chi connectivity index (χ0) is 22.3. The summed E-state index contributed by atoms with van der Waals surface area (Å²) in [7, 11) is -2.06. The molecule has 1 aromatic heterocycles. The standard InChI is InChI=1S/C22H24FN3O3S2/c1-14(2)15-6-11-18-20(13-15)30-22(25(18)3)24-21(27)19-5-4-12-26(19)31(28,29)17-9-7-16(23)8-10-17/h6-11,13-14,19H,4-5,12H2,1-3H3. The number of nitrogens with zero attached hydrogens (tertiary/aromatic N) is 3. The molecule has 1 aliphatic rings. The zero-order valence-electron chi connectivity index (χ0n) is 17.6. The van der Waals surface area contributed by atoms with Crippen LogP contribution in [0.1, 0.15) is 38.2 Å². The van der Waals surface area contributed by atoms with Gasteiger partial charge in [0.05, 0.1) is 15.1 Å². The van der Waals surface area contributed by atoms with E-state index >= 15 is 0 Å². The van der Waals surface area contributed by atoms with Crippen molar-refractivity contribution in [2.75, 3.05) is 6.54 Å². The van der Waals surface area contributed by atoms with Crippen LogP contribution in [0.15, 0.2) is 52.4 Å². The van der Waals surface area contributed by atoms with E-state index in [2.05, 4.69) is 31.0 Å². The fourth-order valence-corrected chi connectivity index (χ4v) is 6.52. The first kappa shape index (κ1) is 21.9. The molecule has 2 heterocycles. The summed E-state index contributed by atoms with van der Waals surface area (Å²) in [6, 6.07) is 9.99. The van der Waals surface area contributed by atoms with Gasteiger partial charge in [-0.1, -0.05) is 31.3 Å². The maximum atomic E-state index is 13.2. The number of hydrogen-bond acceptors (Lipinski definition) is 4. The van der Waals surface area contributed by atoms with Crippen LogP contribution in [0.4, 0.5) is 4.39 Å². The van der Waals surface area contributed by atoms with Gasteiger partial charge in [-0.3, -0.25) is 4.79 Å². The molecule has 164 valence electrons. The number of aromatic nitrogens is 1. The van der Waals surface area contributed by atoms with Crippen molar-refractivity contribution in [2.45, 2.75) is 43.5 Å². The number of hydrogen-bond donors (Lipinski definition) is 0. The Kier molecular flexibility index (Phi) is 5.85. The molecular formula is C22H24FN3O3S2. The lowest BCUT2D eigenvalue weighted by atomic mass is 10.0. The third kappa shape index (κ3) is 4.09. The molecule has 1 amide bonds. The highest BCUT2D eigenvalue weighted by Gasteiger charge is 2.39. The monoisotopic (exact) mass is 461 g/mol. The summed E-state index contributed by atoms with van der Waals surface area (Å²) in [6.45, 7) is 4.49. The fraction of sp³-hybridized carbons (Fsp3) is 0.364. The molecule has 0 radical (unpaired) electrons. The molecule has 4 rings (SSSR count). The smallest absolute Gasteiger partial charge is 0.266 e. The summed E-state index contributed by atoms with van der Waals surface area (Å²) >= 11 is 1.42. The molecule has 0 spiro atoms. The maximum Gasteiger partial charge on any atom is 0.266 e. The second kappa shape index (κ2) is 8.29. The topological polar surface area (TPSA) is 71.7 Å². The second-order valence-electron chi connectivity index (χ2n) is 8.00. The molecule has 1 atom stereocenters. The van der Waals surface area contributed by atoms with Crippen LogP contribution in [0.3, 0.4) is 0 Å². The maximum absolute atomic E-state index is 13.2. The number of carbonyl (C=O) groups is 1. The molecule has 6 nitrogen and oxygen atoms in total. The van der Waals surface area contributed by atoms with Crippen molar-refractivity contribution in [1.82, 2.24) is 8.87 Å². The van der Waals surface area contributed by atoms with Gasteiger partial charge in [-0.15, -0.1) is 0 Å². The van der Waals surface area contributed by atoms with E-state index in [9.17, 15) is 17.6 Å². The summed E-state index contributed by atoms with van der Waals surface area (Å²) < 4.78 is 43.4. The number of benzene rings is 2.